The molecule has 2 unspecified atom stereocenters. The predicted molar refractivity (Wildman–Crippen MR) is 65.3 cm³/mol. The number of ether oxygens (including phenoxy) is 1. The van der Waals surface area contributed by atoms with Crippen LogP contribution in [0.5, 0.6) is 0 Å². The van der Waals surface area contributed by atoms with E-state index < -0.39 is 0 Å². The summed E-state index contributed by atoms with van der Waals surface area (Å²) in [5.41, 5.74) is 0. The average Bonchev–Trinajstić information content (AvgIpc) is 2.77. The molecule has 1 fully saturated rings. The molecule has 4 heteroatoms. The molecule has 2 atom stereocenters. The van der Waals surface area contributed by atoms with Crippen LogP contribution in [0.2, 0.25) is 0 Å². The average molecular weight is 291 g/mol. The molecule has 1 N–H and O–H groups in total. The van der Waals surface area contributed by atoms with E-state index in [1.54, 1.807) is 11.3 Å². The second-order valence-corrected chi connectivity index (χ2v) is 6.48. The molecule has 1 aromatic heterocycles. The lowest BCUT2D eigenvalue weighted by Crippen LogP contribution is -2.18. The van der Waals surface area contributed by atoms with Crippen molar-refractivity contribution < 1.29 is 9.84 Å². The van der Waals surface area contributed by atoms with E-state index in [9.17, 15) is 5.11 Å². The molecule has 0 amide bonds. The zero-order chi connectivity index (χ0) is 10.7. The molecule has 0 spiro atoms. The second kappa shape index (κ2) is 5.43. The van der Waals surface area contributed by atoms with E-state index in [1.165, 1.54) is 4.88 Å². The summed E-state index contributed by atoms with van der Waals surface area (Å²) in [6.45, 7) is 0.863. The Morgan fingerprint density at radius 1 is 1.60 bits per heavy atom. The molecular weight excluding hydrogens is 276 g/mol. The monoisotopic (exact) mass is 290 g/mol. The predicted octanol–water partition coefficient (Wildman–Crippen LogP) is 2.98. The highest BCUT2D eigenvalue weighted by Crippen LogP contribution is 2.25. The number of hydrogen-bond donors (Lipinski definition) is 1. The van der Waals surface area contributed by atoms with Crippen molar-refractivity contribution >= 4 is 27.3 Å². The molecule has 0 aromatic carbocycles. The maximum atomic E-state index is 9.88. The standard InChI is InChI=1S/C11H15BrO2S/c12-11-4-3-10(15-11)7-8(13)6-9-2-1-5-14-9/h3-4,8-9,13H,1-2,5-7H2. The molecule has 1 saturated heterocycles. The topological polar surface area (TPSA) is 29.5 Å². The highest BCUT2D eigenvalue weighted by molar-refractivity contribution is 9.11. The fraction of sp³-hybridized carbons (Fsp3) is 0.636. The molecule has 0 radical (unpaired) electrons. The van der Waals surface area contributed by atoms with Crippen LogP contribution in [0, 0.1) is 0 Å². The van der Waals surface area contributed by atoms with Gasteiger partial charge in [0.05, 0.1) is 16.0 Å². The van der Waals surface area contributed by atoms with Gasteiger partial charge in [0.1, 0.15) is 0 Å². The molecule has 1 aromatic rings. The lowest BCUT2D eigenvalue weighted by atomic mass is 10.1. The van der Waals surface area contributed by atoms with Crippen LogP contribution >= 0.6 is 27.3 Å². The SMILES string of the molecule is OC(Cc1ccc(Br)s1)CC1CCCO1. The molecule has 0 aliphatic carbocycles. The van der Waals surface area contributed by atoms with E-state index in [0.29, 0.717) is 0 Å². The van der Waals surface area contributed by atoms with Crippen LogP contribution in [0.1, 0.15) is 24.1 Å². The summed E-state index contributed by atoms with van der Waals surface area (Å²) in [5.74, 6) is 0. The first-order valence-corrected chi connectivity index (χ1v) is 6.89. The lowest BCUT2D eigenvalue weighted by molar-refractivity contribution is 0.0544. The minimum atomic E-state index is -0.265. The number of thiophene rings is 1. The molecule has 2 heterocycles. The third-order valence-corrected chi connectivity index (χ3v) is 4.27. The minimum Gasteiger partial charge on any atom is -0.393 e. The van der Waals surface area contributed by atoms with Crippen molar-refractivity contribution in [3.8, 4) is 0 Å². The van der Waals surface area contributed by atoms with E-state index >= 15 is 0 Å². The molecule has 1 aliphatic rings. The number of aliphatic hydroxyl groups excluding tert-OH is 1. The van der Waals surface area contributed by atoms with Gasteiger partial charge in [-0.15, -0.1) is 11.3 Å². The maximum Gasteiger partial charge on any atom is 0.0701 e. The van der Waals surface area contributed by atoms with Gasteiger partial charge in [0.2, 0.25) is 0 Å². The fourth-order valence-corrected chi connectivity index (χ4v) is 3.46. The Labute approximate surface area is 102 Å². The van der Waals surface area contributed by atoms with Gasteiger partial charge in [-0.2, -0.15) is 0 Å². The summed E-state index contributed by atoms with van der Waals surface area (Å²) in [7, 11) is 0. The molecule has 0 saturated carbocycles. The van der Waals surface area contributed by atoms with Gasteiger partial charge in [-0.05, 0) is 47.3 Å². The van der Waals surface area contributed by atoms with E-state index in [1.807, 2.05) is 6.07 Å². The first-order valence-electron chi connectivity index (χ1n) is 5.28. The molecule has 15 heavy (non-hydrogen) atoms. The van der Waals surface area contributed by atoms with Gasteiger partial charge in [0.25, 0.3) is 0 Å². The van der Waals surface area contributed by atoms with Crippen LogP contribution in [0.3, 0.4) is 0 Å². The Bertz CT molecular complexity index is 307. The van der Waals surface area contributed by atoms with Crippen molar-refractivity contribution in [1.82, 2.24) is 0 Å². The van der Waals surface area contributed by atoms with Crippen LogP contribution < -0.4 is 0 Å². The van der Waals surface area contributed by atoms with Gasteiger partial charge >= 0.3 is 0 Å². The third kappa shape index (κ3) is 3.55. The van der Waals surface area contributed by atoms with Crippen LogP contribution in [-0.2, 0) is 11.2 Å². The van der Waals surface area contributed by atoms with E-state index in [4.69, 9.17) is 4.74 Å². The molecule has 2 rings (SSSR count). The van der Waals surface area contributed by atoms with Crippen molar-refractivity contribution in [3.63, 3.8) is 0 Å². The Kier molecular flexibility index (Phi) is 4.20. The van der Waals surface area contributed by atoms with E-state index in [2.05, 4.69) is 22.0 Å². The highest BCUT2D eigenvalue weighted by atomic mass is 79.9. The summed E-state index contributed by atoms with van der Waals surface area (Å²) in [4.78, 5) is 1.23. The smallest absolute Gasteiger partial charge is 0.0701 e. The van der Waals surface area contributed by atoms with Gasteiger partial charge in [-0.3, -0.25) is 0 Å². The van der Waals surface area contributed by atoms with Crippen LogP contribution in [-0.4, -0.2) is 23.9 Å². The summed E-state index contributed by atoms with van der Waals surface area (Å²) in [6, 6.07) is 4.09. The van der Waals surface area contributed by atoms with Crippen LogP contribution in [0.25, 0.3) is 0 Å². The Morgan fingerprint density at radius 2 is 2.47 bits per heavy atom. The van der Waals surface area contributed by atoms with E-state index in [0.717, 1.165) is 36.1 Å². The molecule has 0 bridgehead atoms. The van der Waals surface area contributed by atoms with E-state index in [-0.39, 0.29) is 12.2 Å². The van der Waals surface area contributed by atoms with Crippen molar-refractivity contribution in [2.45, 2.75) is 37.9 Å². The first kappa shape index (κ1) is 11.6. The van der Waals surface area contributed by atoms with Crippen LogP contribution in [0.4, 0.5) is 0 Å². The number of halogens is 1. The number of hydrogen-bond acceptors (Lipinski definition) is 3. The third-order valence-electron chi connectivity index (χ3n) is 2.62. The lowest BCUT2D eigenvalue weighted by Gasteiger charge is -2.14. The summed E-state index contributed by atoms with van der Waals surface area (Å²) < 4.78 is 6.63. The van der Waals surface area contributed by atoms with Gasteiger partial charge < -0.3 is 9.84 Å². The molecule has 2 nitrogen and oxygen atoms in total. The fourth-order valence-electron chi connectivity index (χ4n) is 1.91. The van der Waals surface area contributed by atoms with Crippen molar-refractivity contribution in [3.05, 3.63) is 20.8 Å². The normalized spacial score (nSPS) is 23.2. The van der Waals surface area contributed by atoms with Gasteiger partial charge in [0.15, 0.2) is 0 Å². The Hall–Kier alpha value is 0.1000. The zero-order valence-electron chi connectivity index (χ0n) is 8.49. The number of aliphatic hydroxyl groups is 1. The highest BCUT2D eigenvalue weighted by Gasteiger charge is 2.19. The van der Waals surface area contributed by atoms with Gasteiger partial charge in [0, 0.05) is 17.9 Å². The molecule has 84 valence electrons. The second-order valence-electron chi connectivity index (χ2n) is 3.93. The Balaban J connectivity index is 1.78. The summed E-state index contributed by atoms with van der Waals surface area (Å²) >= 11 is 5.11. The molecular formula is C11H15BrO2S. The van der Waals surface area contributed by atoms with Crippen molar-refractivity contribution in [1.29, 1.82) is 0 Å². The maximum absolute atomic E-state index is 9.88. The summed E-state index contributed by atoms with van der Waals surface area (Å²) in [6.07, 6.45) is 3.78. The quantitative estimate of drug-likeness (QED) is 0.924. The van der Waals surface area contributed by atoms with Crippen LogP contribution in [0.15, 0.2) is 15.9 Å². The van der Waals surface area contributed by atoms with Gasteiger partial charge in [-0.1, -0.05) is 0 Å². The number of rotatable bonds is 4. The minimum absolute atomic E-state index is 0.265. The Morgan fingerprint density at radius 3 is 3.07 bits per heavy atom. The first-order chi connectivity index (χ1) is 7.24. The largest absolute Gasteiger partial charge is 0.393 e. The van der Waals surface area contributed by atoms with Crippen molar-refractivity contribution in [2.24, 2.45) is 0 Å². The van der Waals surface area contributed by atoms with Crippen molar-refractivity contribution in [2.75, 3.05) is 6.61 Å². The zero-order valence-corrected chi connectivity index (χ0v) is 10.9. The summed E-state index contributed by atoms with van der Waals surface area (Å²) in [5, 5.41) is 9.88. The molecule has 1 aliphatic heterocycles. The van der Waals surface area contributed by atoms with Gasteiger partial charge in [-0.25, -0.2) is 0 Å².